The Kier molecular flexibility index (Phi) is 14.1. The molecule has 0 fully saturated rings. The van der Waals surface area contributed by atoms with E-state index in [4.69, 9.17) is 10.2 Å². The lowest BCUT2D eigenvalue weighted by atomic mass is 9.94. The van der Waals surface area contributed by atoms with Crippen LogP contribution < -0.4 is 48.3 Å². The Morgan fingerprint density at radius 1 is 0.692 bits per heavy atom. The third-order valence-electron chi connectivity index (χ3n) is 9.69. The van der Waals surface area contributed by atoms with E-state index in [0.29, 0.717) is 0 Å². The maximum Gasteiger partial charge on any atom is 0.203 e. The van der Waals surface area contributed by atoms with Crippen LogP contribution in [0.25, 0.3) is 34.7 Å². The van der Waals surface area contributed by atoms with E-state index >= 15 is 0 Å². The van der Waals surface area contributed by atoms with Gasteiger partial charge in [-0.2, -0.15) is 0 Å². The number of nitrogen functional groups attached to an aromatic ring is 1. The van der Waals surface area contributed by atoms with E-state index in [1.165, 1.54) is 33.3 Å². The van der Waals surface area contributed by atoms with Crippen molar-refractivity contribution >= 4 is 40.3 Å². The molecule has 0 radical (unpaired) electrons. The second-order valence-corrected chi connectivity index (χ2v) is 12.7. The van der Waals surface area contributed by atoms with E-state index in [2.05, 4.69) is 146 Å². The zero-order chi connectivity index (χ0) is 36.5. The zero-order valence-electron chi connectivity index (χ0n) is 31.9. The third-order valence-corrected chi connectivity index (χ3v) is 9.69. The average Bonchev–Trinajstić information content (AvgIpc) is 3.15. The van der Waals surface area contributed by atoms with Gasteiger partial charge in [0.25, 0.3) is 0 Å². The lowest BCUT2D eigenvalue weighted by Crippen LogP contribution is -3.00. The summed E-state index contributed by atoms with van der Waals surface area (Å²) < 4.78 is 8.27. The molecule has 2 aliphatic rings. The molecule has 0 saturated carbocycles. The van der Waals surface area contributed by atoms with Crippen molar-refractivity contribution in [2.45, 2.75) is 48.5 Å². The Morgan fingerprint density at radius 2 is 1.21 bits per heavy atom. The summed E-state index contributed by atoms with van der Waals surface area (Å²) in [6, 6.07) is 36.4. The van der Waals surface area contributed by atoms with Crippen LogP contribution in [0.5, 0.6) is 0 Å². The van der Waals surface area contributed by atoms with E-state index < -0.39 is 0 Å². The largest absolute Gasteiger partial charge is 1.00 e. The van der Waals surface area contributed by atoms with Crippen molar-refractivity contribution in [3.05, 3.63) is 136 Å². The van der Waals surface area contributed by atoms with Crippen LogP contribution in [0.15, 0.2) is 108 Å². The van der Waals surface area contributed by atoms with Crippen LogP contribution in [0.3, 0.4) is 0 Å². The lowest BCUT2D eigenvalue weighted by Gasteiger charge is -2.22. The highest BCUT2D eigenvalue weighted by molar-refractivity contribution is 5.82. The van der Waals surface area contributed by atoms with Crippen molar-refractivity contribution in [3.63, 3.8) is 0 Å². The quantitative estimate of drug-likeness (QED) is 0.127. The second kappa shape index (κ2) is 18.4. The predicted octanol–water partition coefficient (Wildman–Crippen LogP) is 4.68. The number of hydrogen-bond donors (Lipinski definition) is 1. The van der Waals surface area contributed by atoms with E-state index in [1.807, 2.05) is 31.2 Å². The van der Waals surface area contributed by atoms with Crippen molar-refractivity contribution in [1.82, 2.24) is 9.56 Å². The number of fused-ring (bicyclic) bond motifs is 2. The highest BCUT2D eigenvalue weighted by Crippen LogP contribution is 2.28. The van der Waals surface area contributed by atoms with Gasteiger partial charge >= 0.3 is 0 Å². The van der Waals surface area contributed by atoms with Gasteiger partial charge in [0.1, 0.15) is 24.3 Å². The zero-order valence-corrected chi connectivity index (χ0v) is 32.7. The van der Waals surface area contributed by atoms with E-state index in [1.54, 1.807) is 0 Å². The van der Waals surface area contributed by atoms with Crippen molar-refractivity contribution in [2.24, 2.45) is 0 Å². The molecular formula is C45H54ClN5O. The molecule has 0 unspecified atom stereocenters. The minimum atomic E-state index is 0. The summed E-state index contributed by atoms with van der Waals surface area (Å²) in [7, 11) is 0. The molecule has 6 nitrogen and oxygen atoms in total. The molecule has 0 bridgehead atoms. The van der Waals surface area contributed by atoms with Crippen LogP contribution in [-0.2, 0) is 0 Å². The number of halogens is 1. The van der Waals surface area contributed by atoms with E-state index in [-0.39, 0.29) is 12.4 Å². The fraction of sp³-hybridized carbons (Fsp3) is 0.289. The lowest BCUT2D eigenvalue weighted by molar-refractivity contribution is -0.0000111. The number of aryl methyl sites for hydroxylation is 1. The Balaban J connectivity index is 0.000000242. The molecule has 0 amide bonds. The van der Waals surface area contributed by atoms with Gasteiger partial charge in [-0.15, -0.1) is 0 Å². The first-order valence-electron chi connectivity index (χ1n) is 18.4. The van der Waals surface area contributed by atoms with Crippen LogP contribution in [0.4, 0.5) is 17.1 Å². The monoisotopic (exact) mass is 715 g/mol. The first kappa shape index (κ1) is 39.7. The maximum absolute atomic E-state index is 5.99. The summed E-state index contributed by atoms with van der Waals surface area (Å²) in [5, 5.41) is 3.40. The number of nitrogens with zero attached hydrogens (tertiary/aromatic N) is 4. The number of hydrogen-bond acceptors (Lipinski definition) is 5. The van der Waals surface area contributed by atoms with Gasteiger partial charge in [0.15, 0.2) is 11.3 Å². The van der Waals surface area contributed by atoms with Crippen molar-refractivity contribution < 1.29 is 16.8 Å². The average molecular weight is 716 g/mol. The summed E-state index contributed by atoms with van der Waals surface area (Å²) in [6.07, 6.45) is 0. The van der Waals surface area contributed by atoms with Crippen LogP contribution in [-0.4, -0.2) is 44.3 Å². The van der Waals surface area contributed by atoms with Gasteiger partial charge in [-0.05, 0) is 118 Å². The Morgan fingerprint density at radius 3 is 1.69 bits per heavy atom. The van der Waals surface area contributed by atoms with Crippen molar-refractivity contribution in [2.75, 3.05) is 54.8 Å². The number of aromatic nitrogens is 1. The molecule has 1 heterocycles. The SMILES string of the molecule is C=c1ccc(=C(c2ccc(N(CC)CC)cc2)c2ccc(N(CC)CC)cc2)cc1.CC[N+](CC)=c1ccc2nc3cc(C)c(N)cc3oc-2c1.[Cl-]. The molecule has 1 aliphatic carbocycles. The third kappa shape index (κ3) is 9.04. The first-order valence-corrected chi connectivity index (χ1v) is 18.4. The molecule has 7 heteroatoms. The van der Waals surface area contributed by atoms with Gasteiger partial charge < -0.3 is 32.4 Å². The summed E-state index contributed by atoms with van der Waals surface area (Å²) in [4.78, 5) is 9.41. The molecule has 1 aliphatic heterocycles. The number of nitrogens with two attached hydrogens (primary N) is 1. The molecule has 52 heavy (non-hydrogen) atoms. The molecule has 0 atom stereocenters. The van der Waals surface area contributed by atoms with Crippen LogP contribution >= 0.6 is 0 Å². The fourth-order valence-electron chi connectivity index (χ4n) is 6.60. The van der Waals surface area contributed by atoms with E-state index in [0.717, 1.165) is 83.6 Å². The number of rotatable bonds is 10. The van der Waals surface area contributed by atoms with Gasteiger partial charge in [-0.3, -0.25) is 0 Å². The molecule has 6 rings (SSSR count). The Labute approximate surface area is 316 Å². The molecular weight excluding hydrogens is 662 g/mol. The minimum Gasteiger partial charge on any atom is -1.00 e. The van der Waals surface area contributed by atoms with Gasteiger partial charge in [-0.1, -0.05) is 55.1 Å². The Bertz CT molecular complexity index is 2130. The smallest absolute Gasteiger partial charge is 0.203 e. The summed E-state index contributed by atoms with van der Waals surface area (Å²) in [5.74, 6) is 0.787. The molecule has 0 aromatic heterocycles. The Hall–Kier alpha value is -5.07. The molecule has 0 saturated heterocycles. The number of benzene rings is 5. The van der Waals surface area contributed by atoms with Crippen molar-refractivity contribution in [3.8, 4) is 11.5 Å². The van der Waals surface area contributed by atoms with Gasteiger partial charge in [0.2, 0.25) is 5.36 Å². The second-order valence-electron chi connectivity index (χ2n) is 12.7. The topological polar surface area (TPSA) is 61.5 Å². The summed E-state index contributed by atoms with van der Waals surface area (Å²) in [5.41, 5.74) is 16.4. The molecule has 0 spiro atoms. The highest BCUT2D eigenvalue weighted by atomic mass is 35.5. The molecule has 4 aromatic carbocycles. The summed E-state index contributed by atoms with van der Waals surface area (Å²) in [6.45, 7) is 25.1. The minimum absolute atomic E-state index is 0. The van der Waals surface area contributed by atoms with Crippen LogP contribution in [0, 0.1) is 6.92 Å². The summed E-state index contributed by atoms with van der Waals surface area (Å²) >= 11 is 0. The van der Waals surface area contributed by atoms with Gasteiger partial charge in [0, 0.05) is 55.4 Å². The maximum atomic E-state index is 5.99. The van der Waals surface area contributed by atoms with Crippen LogP contribution in [0.1, 0.15) is 58.2 Å². The van der Waals surface area contributed by atoms with Gasteiger partial charge in [-0.25, -0.2) is 9.56 Å². The molecule has 2 N–H and O–H groups in total. The van der Waals surface area contributed by atoms with Gasteiger partial charge in [0.05, 0.1) is 6.07 Å². The highest BCUT2D eigenvalue weighted by Gasteiger charge is 2.13. The molecule has 4 aromatic rings. The standard InChI is InChI=1S/C28H34N2.C17H19N3O.ClH/c1-6-29(7-2)26-18-14-24(15-19-26)28(23-12-10-22(5)11-13-23)25-16-20-27(21-17-25)30(8-3)9-4;1-4-20(5-2)12-6-7-14-16(9-12)21-17-10-13(18)11(3)8-15(17)19-14;/h10-21H,5-9H2,1-4H3;6-10,18H,4-5H2,1-3H3;1H. The van der Waals surface area contributed by atoms with E-state index in [9.17, 15) is 0 Å². The van der Waals surface area contributed by atoms with Crippen molar-refractivity contribution in [1.29, 1.82) is 0 Å². The first-order chi connectivity index (χ1) is 24.7. The number of anilines is 3. The molecule has 272 valence electrons. The fourth-order valence-corrected chi connectivity index (χ4v) is 6.60. The van der Waals surface area contributed by atoms with Crippen LogP contribution in [0.2, 0.25) is 0 Å². The predicted molar refractivity (Wildman–Crippen MR) is 219 cm³/mol. The normalized spacial score (nSPS) is 10.7.